The van der Waals surface area contributed by atoms with Crippen LogP contribution in [0.25, 0.3) is 27.6 Å². The maximum absolute atomic E-state index is 13.1. The third-order valence-electron chi connectivity index (χ3n) is 6.37. The Morgan fingerprint density at radius 3 is 2.53 bits per heavy atom. The number of hydrogen-bond acceptors (Lipinski definition) is 5. The van der Waals surface area contributed by atoms with E-state index in [0.29, 0.717) is 30.0 Å². The van der Waals surface area contributed by atoms with Crippen molar-refractivity contribution in [2.45, 2.75) is 12.2 Å². The monoisotopic (exact) mass is 491 g/mol. The number of aryl methyl sites for hydroxylation is 1. The Morgan fingerprint density at radius 1 is 1.06 bits per heavy atom. The van der Waals surface area contributed by atoms with E-state index in [1.807, 2.05) is 12.3 Å². The van der Waals surface area contributed by atoms with Crippen molar-refractivity contribution in [3.63, 3.8) is 0 Å². The molecule has 3 aromatic heterocycles. The summed E-state index contributed by atoms with van der Waals surface area (Å²) in [5, 5.41) is 9.17. The third-order valence-corrected chi connectivity index (χ3v) is 6.37. The molecule has 1 fully saturated rings. The molecule has 0 bridgehead atoms. The summed E-state index contributed by atoms with van der Waals surface area (Å²) < 4.78 is 42.6. The number of rotatable bonds is 4. The Kier molecular flexibility index (Phi) is 4.95. The van der Waals surface area contributed by atoms with Crippen LogP contribution in [0, 0.1) is 0 Å². The first kappa shape index (κ1) is 22.1. The molecule has 4 heterocycles. The van der Waals surface area contributed by atoms with E-state index in [1.54, 1.807) is 40.7 Å². The zero-order valence-electron chi connectivity index (χ0n) is 19.1. The maximum Gasteiger partial charge on any atom is 0.416 e. The van der Waals surface area contributed by atoms with Crippen molar-refractivity contribution in [1.29, 1.82) is 0 Å². The van der Waals surface area contributed by atoms with E-state index in [0.717, 1.165) is 34.2 Å². The molecule has 6 rings (SSSR count). The number of carbonyl (C=O) groups excluding carboxylic acids is 1. The van der Waals surface area contributed by atoms with Crippen molar-refractivity contribution in [2.24, 2.45) is 7.05 Å². The molecular formula is C25H20F3N7O. The van der Waals surface area contributed by atoms with Crippen LogP contribution in [0.1, 0.15) is 15.9 Å². The van der Waals surface area contributed by atoms with E-state index < -0.39 is 11.7 Å². The highest BCUT2D eigenvalue weighted by atomic mass is 19.4. The third kappa shape index (κ3) is 3.72. The Labute approximate surface area is 203 Å². The van der Waals surface area contributed by atoms with E-state index in [1.165, 1.54) is 18.5 Å². The molecule has 0 spiro atoms. The van der Waals surface area contributed by atoms with Crippen molar-refractivity contribution in [1.82, 2.24) is 29.6 Å². The number of halogens is 3. The summed E-state index contributed by atoms with van der Waals surface area (Å²) in [6.45, 7) is 1.31. The number of hydrogen-bond donors (Lipinski definition) is 1. The number of nitrogens with one attached hydrogen (secondary N) is 1. The van der Waals surface area contributed by atoms with Gasteiger partial charge in [-0.3, -0.25) is 14.0 Å². The first-order valence-electron chi connectivity index (χ1n) is 11.3. The second kappa shape index (κ2) is 8.08. The van der Waals surface area contributed by atoms with Crippen LogP contribution in [0.5, 0.6) is 0 Å². The van der Waals surface area contributed by atoms with Gasteiger partial charge in [-0.1, -0.05) is 0 Å². The first-order chi connectivity index (χ1) is 17.3. The minimum absolute atomic E-state index is 0.00156. The van der Waals surface area contributed by atoms with Crippen molar-refractivity contribution >= 4 is 33.7 Å². The average Bonchev–Trinajstić information content (AvgIpc) is 3.35. The average molecular weight is 491 g/mol. The van der Waals surface area contributed by atoms with Crippen LogP contribution in [-0.4, -0.2) is 49.4 Å². The van der Waals surface area contributed by atoms with Gasteiger partial charge in [0.15, 0.2) is 5.65 Å². The summed E-state index contributed by atoms with van der Waals surface area (Å²) in [6, 6.07) is 12.1. The van der Waals surface area contributed by atoms with Gasteiger partial charge in [0.05, 0.1) is 17.1 Å². The van der Waals surface area contributed by atoms with E-state index >= 15 is 0 Å². The van der Waals surface area contributed by atoms with Crippen LogP contribution in [0.2, 0.25) is 0 Å². The number of amides is 1. The molecule has 182 valence electrons. The summed E-state index contributed by atoms with van der Waals surface area (Å²) in [7, 11) is 1.78. The standard InChI is InChI=1S/C25H20F3N7O/c1-33-13-20-19-10-15(24(36)31-17-11-34(12-17)22-8-9-29-14-30-22)2-7-21(19)35(23(20)32-33)18-5-3-16(4-6-18)25(26,27)28/h2-10,13-14,17H,11-12H2,1H3,(H,31,36). The normalized spacial score (nSPS) is 14.4. The van der Waals surface area contributed by atoms with Crippen LogP contribution in [-0.2, 0) is 13.2 Å². The van der Waals surface area contributed by atoms with E-state index in [4.69, 9.17) is 0 Å². The van der Waals surface area contributed by atoms with E-state index in [9.17, 15) is 18.0 Å². The van der Waals surface area contributed by atoms with Gasteiger partial charge < -0.3 is 10.2 Å². The molecule has 0 aliphatic carbocycles. The van der Waals surface area contributed by atoms with Crippen molar-refractivity contribution in [3.8, 4) is 5.69 Å². The highest BCUT2D eigenvalue weighted by Gasteiger charge is 2.31. The summed E-state index contributed by atoms with van der Waals surface area (Å²) in [5.41, 5.74) is 1.69. The Bertz CT molecular complexity index is 1580. The molecule has 11 heteroatoms. The first-order valence-corrected chi connectivity index (χ1v) is 11.3. The number of fused-ring (bicyclic) bond motifs is 3. The second-order valence-corrected chi connectivity index (χ2v) is 8.79. The molecule has 5 aromatic rings. The minimum Gasteiger partial charge on any atom is -0.352 e. The summed E-state index contributed by atoms with van der Waals surface area (Å²) in [4.78, 5) is 23.2. The minimum atomic E-state index is -4.41. The van der Waals surface area contributed by atoms with Crippen LogP contribution in [0.3, 0.4) is 0 Å². The number of carbonyl (C=O) groups is 1. The number of nitrogens with zero attached hydrogens (tertiary/aromatic N) is 6. The molecule has 1 N–H and O–H groups in total. The molecule has 1 aliphatic heterocycles. The zero-order valence-corrected chi connectivity index (χ0v) is 19.1. The van der Waals surface area contributed by atoms with Crippen molar-refractivity contribution in [3.05, 3.63) is 78.4 Å². The molecule has 2 aromatic carbocycles. The smallest absolute Gasteiger partial charge is 0.352 e. The van der Waals surface area contributed by atoms with Gasteiger partial charge in [-0.2, -0.15) is 18.3 Å². The lowest BCUT2D eigenvalue weighted by molar-refractivity contribution is -0.137. The van der Waals surface area contributed by atoms with Crippen LogP contribution < -0.4 is 10.2 Å². The largest absolute Gasteiger partial charge is 0.416 e. The lowest BCUT2D eigenvalue weighted by atomic mass is 10.1. The van der Waals surface area contributed by atoms with Crippen LogP contribution in [0.15, 0.2) is 67.3 Å². The molecule has 1 saturated heterocycles. The predicted molar refractivity (Wildman–Crippen MR) is 128 cm³/mol. The predicted octanol–water partition coefficient (Wildman–Crippen LogP) is 3.94. The number of aromatic nitrogens is 5. The number of benzene rings is 2. The quantitative estimate of drug-likeness (QED) is 0.412. The van der Waals surface area contributed by atoms with Crippen molar-refractivity contribution in [2.75, 3.05) is 18.0 Å². The lowest BCUT2D eigenvalue weighted by Crippen LogP contribution is -2.59. The number of alkyl halides is 3. The highest BCUT2D eigenvalue weighted by molar-refractivity contribution is 6.10. The molecule has 1 amide bonds. The van der Waals surface area contributed by atoms with Crippen LogP contribution >= 0.6 is 0 Å². The maximum atomic E-state index is 13.1. The van der Waals surface area contributed by atoms with Gasteiger partial charge in [0.2, 0.25) is 0 Å². The van der Waals surface area contributed by atoms with Gasteiger partial charge in [0, 0.05) is 54.6 Å². The highest BCUT2D eigenvalue weighted by Crippen LogP contribution is 2.34. The molecule has 0 radical (unpaired) electrons. The summed E-state index contributed by atoms with van der Waals surface area (Å²) in [5.74, 6) is 0.629. The zero-order chi connectivity index (χ0) is 25.0. The molecule has 0 atom stereocenters. The van der Waals surface area contributed by atoms with E-state index in [2.05, 4.69) is 25.3 Å². The Morgan fingerprint density at radius 2 is 1.83 bits per heavy atom. The van der Waals surface area contributed by atoms with Gasteiger partial charge in [0.1, 0.15) is 12.1 Å². The molecule has 0 saturated carbocycles. The van der Waals surface area contributed by atoms with Gasteiger partial charge >= 0.3 is 6.18 Å². The summed E-state index contributed by atoms with van der Waals surface area (Å²) in [6.07, 6.45) is 0.601. The Hall–Kier alpha value is -4.41. The van der Waals surface area contributed by atoms with Gasteiger partial charge in [0.25, 0.3) is 5.91 Å². The fourth-order valence-electron chi connectivity index (χ4n) is 4.59. The SMILES string of the molecule is Cn1cc2c3cc(C(=O)NC4CN(c5ccncn5)C4)ccc3n(-c3ccc(C(F)(F)F)cc3)c2n1. The molecule has 8 nitrogen and oxygen atoms in total. The van der Waals surface area contributed by atoms with E-state index in [-0.39, 0.29) is 11.9 Å². The van der Waals surface area contributed by atoms with Crippen LogP contribution in [0.4, 0.5) is 19.0 Å². The van der Waals surface area contributed by atoms with Gasteiger partial charge in [-0.15, -0.1) is 0 Å². The fourth-order valence-corrected chi connectivity index (χ4v) is 4.59. The van der Waals surface area contributed by atoms with Gasteiger partial charge in [-0.05, 0) is 48.5 Å². The second-order valence-electron chi connectivity index (χ2n) is 8.79. The molecule has 36 heavy (non-hydrogen) atoms. The lowest BCUT2D eigenvalue weighted by Gasteiger charge is -2.40. The summed E-state index contributed by atoms with van der Waals surface area (Å²) >= 11 is 0. The Balaban J connectivity index is 1.29. The van der Waals surface area contributed by atoms with Crippen molar-refractivity contribution < 1.29 is 18.0 Å². The van der Waals surface area contributed by atoms with Gasteiger partial charge in [-0.25, -0.2) is 9.97 Å². The molecule has 0 unspecified atom stereocenters. The molecular weight excluding hydrogens is 471 g/mol. The molecule has 1 aliphatic rings. The fraction of sp³-hybridized carbons (Fsp3) is 0.200. The number of anilines is 1. The topological polar surface area (TPSA) is 80.9 Å².